The molecule has 3 rings (SSSR count). The zero-order valence-corrected chi connectivity index (χ0v) is 13.1. The zero-order valence-electron chi connectivity index (χ0n) is 13.1. The number of likely N-dealkylation sites (tertiary alicyclic amines) is 1. The summed E-state index contributed by atoms with van der Waals surface area (Å²) in [5.74, 6) is -1.25. The fraction of sp³-hybridized carbons (Fsp3) is 0.529. The van der Waals surface area contributed by atoms with Gasteiger partial charge in [-0.15, -0.1) is 0 Å². The Morgan fingerprint density at radius 1 is 1.13 bits per heavy atom. The molecule has 1 aromatic carbocycles. The lowest BCUT2D eigenvalue weighted by Gasteiger charge is -2.45. The van der Waals surface area contributed by atoms with Crippen LogP contribution < -0.4 is 5.11 Å². The van der Waals surface area contributed by atoms with Gasteiger partial charge in [-0.2, -0.15) is 0 Å². The Bertz CT molecular complexity index is 567. The maximum Gasteiger partial charge on any atom is 0.410 e. The largest absolute Gasteiger partial charge is 0.548 e. The molecular formula is C17H21N2O4-. The molecule has 0 unspecified atom stereocenters. The van der Waals surface area contributed by atoms with Crippen LogP contribution in [0.25, 0.3) is 0 Å². The van der Waals surface area contributed by atoms with Gasteiger partial charge in [0, 0.05) is 45.4 Å². The lowest BCUT2D eigenvalue weighted by Crippen LogP contribution is -2.56. The minimum absolute atomic E-state index is 0.394. The predicted octanol–water partition coefficient (Wildman–Crippen LogP) is 0.613. The van der Waals surface area contributed by atoms with Crippen LogP contribution >= 0.6 is 0 Å². The van der Waals surface area contributed by atoms with Crippen molar-refractivity contribution in [2.24, 2.45) is 0 Å². The van der Waals surface area contributed by atoms with E-state index >= 15 is 0 Å². The van der Waals surface area contributed by atoms with Crippen LogP contribution in [0, 0.1) is 0 Å². The fourth-order valence-electron chi connectivity index (χ4n) is 3.34. The van der Waals surface area contributed by atoms with E-state index in [1.54, 1.807) is 0 Å². The molecule has 6 nitrogen and oxygen atoms in total. The Kier molecular flexibility index (Phi) is 4.52. The number of carbonyl (C=O) groups is 2. The molecule has 6 heteroatoms. The smallest absolute Gasteiger partial charge is 0.410 e. The van der Waals surface area contributed by atoms with E-state index in [1.165, 1.54) is 10.5 Å². The predicted molar refractivity (Wildman–Crippen MR) is 81.4 cm³/mol. The molecule has 2 heterocycles. The molecule has 2 aliphatic rings. The van der Waals surface area contributed by atoms with Crippen molar-refractivity contribution >= 4 is 12.1 Å². The molecular weight excluding hydrogens is 296 g/mol. The number of carboxylic acids is 1. The van der Waals surface area contributed by atoms with E-state index in [2.05, 4.69) is 17.0 Å². The van der Waals surface area contributed by atoms with Crippen LogP contribution in [0.5, 0.6) is 0 Å². The molecule has 124 valence electrons. The van der Waals surface area contributed by atoms with E-state index in [0.29, 0.717) is 13.0 Å². The fourth-order valence-corrected chi connectivity index (χ4v) is 3.34. The summed E-state index contributed by atoms with van der Waals surface area (Å²) < 4.78 is 5.60. The molecule has 0 aliphatic carbocycles. The van der Waals surface area contributed by atoms with E-state index in [9.17, 15) is 14.7 Å². The third-order valence-electron chi connectivity index (χ3n) is 4.74. The van der Waals surface area contributed by atoms with Gasteiger partial charge in [-0.1, -0.05) is 30.3 Å². The Labute approximate surface area is 135 Å². The number of hydrogen-bond acceptors (Lipinski definition) is 5. The minimum atomic E-state index is -1.25. The average Bonchev–Trinajstić information content (AvgIpc) is 2.54. The summed E-state index contributed by atoms with van der Waals surface area (Å²) in [5.41, 5.74) is 0.858. The van der Waals surface area contributed by atoms with Crippen molar-refractivity contribution in [3.63, 3.8) is 0 Å². The van der Waals surface area contributed by atoms with E-state index < -0.39 is 24.2 Å². The molecule has 1 amide bonds. The van der Waals surface area contributed by atoms with Gasteiger partial charge in [0.05, 0.1) is 12.5 Å². The van der Waals surface area contributed by atoms with Crippen molar-refractivity contribution in [2.75, 3.05) is 26.2 Å². The molecule has 2 saturated heterocycles. The third kappa shape index (κ3) is 3.82. The molecule has 0 N–H and O–H groups in total. The first-order chi connectivity index (χ1) is 11.1. The van der Waals surface area contributed by atoms with Gasteiger partial charge in [-0.05, 0) is 5.56 Å². The summed E-state index contributed by atoms with van der Waals surface area (Å²) >= 11 is 0. The molecule has 1 aromatic rings. The van der Waals surface area contributed by atoms with Crippen LogP contribution in [-0.4, -0.2) is 53.6 Å². The Balaban J connectivity index is 1.52. The van der Waals surface area contributed by atoms with Gasteiger partial charge in [-0.25, -0.2) is 4.79 Å². The Morgan fingerprint density at radius 3 is 2.39 bits per heavy atom. The lowest BCUT2D eigenvalue weighted by molar-refractivity contribution is -0.306. The summed E-state index contributed by atoms with van der Waals surface area (Å²) in [4.78, 5) is 26.2. The quantitative estimate of drug-likeness (QED) is 0.814. The molecule has 0 radical (unpaired) electrons. The molecule has 0 atom stereocenters. The Morgan fingerprint density at radius 2 is 1.78 bits per heavy atom. The number of carboxylic acid groups (broad SMARTS) is 1. The first-order valence-corrected chi connectivity index (χ1v) is 8.00. The van der Waals surface area contributed by atoms with E-state index in [1.807, 2.05) is 18.2 Å². The SMILES string of the molecule is O=C([O-])CN1CCC2(CCN(Cc3ccccc3)CC2)OC1=O. The third-order valence-corrected chi connectivity index (χ3v) is 4.74. The molecule has 23 heavy (non-hydrogen) atoms. The van der Waals surface area contributed by atoms with Crippen molar-refractivity contribution in [2.45, 2.75) is 31.4 Å². The van der Waals surface area contributed by atoms with Crippen molar-refractivity contribution < 1.29 is 19.4 Å². The second kappa shape index (κ2) is 6.58. The van der Waals surface area contributed by atoms with E-state index in [4.69, 9.17) is 4.74 Å². The van der Waals surface area contributed by atoms with Crippen LogP contribution in [0.2, 0.25) is 0 Å². The van der Waals surface area contributed by atoms with Crippen molar-refractivity contribution in [3.05, 3.63) is 35.9 Å². The summed E-state index contributed by atoms with van der Waals surface area (Å²) in [6.45, 7) is 2.69. The van der Waals surface area contributed by atoms with Crippen LogP contribution in [0.3, 0.4) is 0 Å². The highest BCUT2D eigenvalue weighted by molar-refractivity contribution is 5.76. The zero-order chi connectivity index (χ0) is 16.3. The second-order valence-electron chi connectivity index (χ2n) is 6.36. The Hall–Kier alpha value is -2.08. The number of benzene rings is 1. The highest BCUT2D eigenvalue weighted by Crippen LogP contribution is 2.34. The summed E-state index contributed by atoms with van der Waals surface area (Å²) in [7, 11) is 0. The van der Waals surface area contributed by atoms with Gasteiger partial charge in [0.2, 0.25) is 0 Å². The van der Waals surface area contributed by atoms with Crippen LogP contribution in [0.1, 0.15) is 24.8 Å². The number of hydrogen-bond donors (Lipinski definition) is 0. The van der Waals surface area contributed by atoms with Crippen LogP contribution in [0.4, 0.5) is 4.79 Å². The molecule has 1 spiro atoms. The van der Waals surface area contributed by atoms with E-state index in [0.717, 1.165) is 32.5 Å². The second-order valence-corrected chi connectivity index (χ2v) is 6.36. The monoisotopic (exact) mass is 317 g/mol. The van der Waals surface area contributed by atoms with E-state index in [-0.39, 0.29) is 0 Å². The van der Waals surface area contributed by atoms with Gasteiger partial charge in [0.25, 0.3) is 0 Å². The number of nitrogens with zero attached hydrogens (tertiary/aromatic N) is 2. The summed E-state index contributed by atoms with van der Waals surface area (Å²) in [5, 5.41) is 10.6. The highest BCUT2D eigenvalue weighted by Gasteiger charge is 2.42. The maximum atomic E-state index is 12.0. The first-order valence-electron chi connectivity index (χ1n) is 8.00. The maximum absolute atomic E-state index is 12.0. The molecule has 0 saturated carbocycles. The van der Waals surface area contributed by atoms with Crippen LogP contribution in [-0.2, 0) is 16.1 Å². The van der Waals surface area contributed by atoms with Crippen molar-refractivity contribution in [1.29, 1.82) is 0 Å². The molecule has 2 fully saturated rings. The lowest BCUT2D eigenvalue weighted by atomic mass is 9.86. The number of rotatable bonds is 4. The number of ether oxygens (including phenoxy) is 1. The molecule has 0 bridgehead atoms. The highest BCUT2D eigenvalue weighted by atomic mass is 16.6. The van der Waals surface area contributed by atoms with Gasteiger partial charge >= 0.3 is 6.09 Å². The van der Waals surface area contributed by atoms with Crippen LogP contribution in [0.15, 0.2) is 30.3 Å². The summed E-state index contributed by atoms with van der Waals surface area (Å²) in [6, 6.07) is 10.3. The van der Waals surface area contributed by atoms with Gasteiger partial charge in [0.15, 0.2) is 0 Å². The standard InChI is InChI=1S/C17H22N2O4/c20-15(21)13-19-11-8-17(23-16(19)22)6-9-18(10-7-17)12-14-4-2-1-3-5-14/h1-5H,6-13H2,(H,20,21)/p-1. The van der Waals surface area contributed by atoms with Crippen molar-refractivity contribution in [3.8, 4) is 0 Å². The number of carbonyl (C=O) groups excluding carboxylic acids is 2. The first kappa shape index (κ1) is 15.8. The topological polar surface area (TPSA) is 72.9 Å². The van der Waals surface area contributed by atoms with Crippen molar-refractivity contribution in [1.82, 2.24) is 9.80 Å². The summed E-state index contributed by atoms with van der Waals surface area (Å²) in [6.07, 6.45) is 1.75. The number of aliphatic carboxylic acids is 1. The van der Waals surface area contributed by atoms with Gasteiger partial charge < -0.3 is 19.5 Å². The number of amides is 1. The number of piperidine rings is 1. The molecule has 0 aromatic heterocycles. The minimum Gasteiger partial charge on any atom is -0.548 e. The normalized spacial score (nSPS) is 21.2. The van der Waals surface area contributed by atoms with Gasteiger partial charge in [-0.3, -0.25) is 4.90 Å². The average molecular weight is 317 g/mol. The van der Waals surface area contributed by atoms with Gasteiger partial charge in [0.1, 0.15) is 5.60 Å². The molecule has 2 aliphatic heterocycles.